The zero-order valence-electron chi connectivity index (χ0n) is 9.56. The van der Waals surface area contributed by atoms with Gasteiger partial charge in [-0.3, -0.25) is 0 Å². The number of hydrogen-bond donors (Lipinski definition) is 1. The van der Waals surface area contributed by atoms with Gasteiger partial charge >= 0.3 is 6.03 Å². The van der Waals surface area contributed by atoms with Crippen molar-refractivity contribution in [2.24, 2.45) is 5.11 Å². The predicted octanol–water partition coefficient (Wildman–Crippen LogP) is 2.27. The summed E-state index contributed by atoms with van der Waals surface area (Å²) in [5, 5.41) is 6.25. The minimum atomic E-state index is 0.0165. The first-order valence-corrected chi connectivity index (χ1v) is 5.88. The van der Waals surface area contributed by atoms with Gasteiger partial charge in [0.05, 0.1) is 0 Å². The molecule has 0 aromatic rings. The lowest BCUT2D eigenvalue weighted by Crippen LogP contribution is -2.40. The number of carbonyl (C=O) groups excluding carboxylic acids is 1. The third-order valence-electron chi connectivity index (χ3n) is 2.67. The number of urea groups is 1. The summed E-state index contributed by atoms with van der Waals surface area (Å²) in [7, 11) is 0. The Morgan fingerprint density at radius 1 is 1.31 bits per heavy atom. The van der Waals surface area contributed by atoms with Crippen LogP contribution >= 0.6 is 0 Å². The van der Waals surface area contributed by atoms with Gasteiger partial charge in [0.2, 0.25) is 0 Å². The van der Waals surface area contributed by atoms with E-state index in [1.54, 1.807) is 0 Å². The number of azide groups is 1. The Kier molecular flexibility index (Phi) is 6.18. The molecule has 0 aromatic carbocycles. The predicted molar refractivity (Wildman–Crippen MR) is 62.1 cm³/mol. The van der Waals surface area contributed by atoms with E-state index in [0.29, 0.717) is 19.5 Å². The van der Waals surface area contributed by atoms with Crippen LogP contribution in [-0.2, 0) is 0 Å². The van der Waals surface area contributed by atoms with Gasteiger partial charge in [-0.25, -0.2) is 4.79 Å². The summed E-state index contributed by atoms with van der Waals surface area (Å²) in [6, 6.07) is 0.0165. The molecule has 6 heteroatoms. The summed E-state index contributed by atoms with van der Waals surface area (Å²) in [6.07, 6.45) is 5.35. The fourth-order valence-corrected chi connectivity index (χ4v) is 1.78. The molecule has 2 amide bonds. The molecular formula is C10H19N5O. The number of amides is 2. The van der Waals surface area contributed by atoms with E-state index in [1.807, 2.05) is 4.90 Å². The minimum absolute atomic E-state index is 0.0165. The van der Waals surface area contributed by atoms with Gasteiger partial charge in [0.15, 0.2) is 0 Å². The monoisotopic (exact) mass is 225 g/mol. The van der Waals surface area contributed by atoms with Crippen LogP contribution in [0.1, 0.15) is 32.1 Å². The maximum Gasteiger partial charge on any atom is 0.317 e. The van der Waals surface area contributed by atoms with E-state index in [-0.39, 0.29) is 6.03 Å². The van der Waals surface area contributed by atoms with Gasteiger partial charge in [-0.15, -0.1) is 0 Å². The topological polar surface area (TPSA) is 81.1 Å². The Bertz CT molecular complexity index is 254. The average molecular weight is 225 g/mol. The lowest BCUT2D eigenvalue weighted by Gasteiger charge is -2.20. The molecule has 0 bridgehead atoms. The van der Waals surface area contributed by atoms with Crippen molar-refractivity contribution in [1.29, 1.82) is 0 Å². The van der Waals surface area contributed by atoms with Crippen LogP contribution in [0.3, 0.4) is 0 Å². The number of hydrogen-bond acceptors (Lipinski definition) is 2. The van der Waals surface area contributed by atoms with Crippen molar-refractivity contribution < 1.29 is 4.79 Å². The lowest BCUT2D eigenvalue weighted by molar-refractivity contribution is 0.200. The van der Waals surface area contributed by atoms with Gasteiger partial charge in [0, 0.05) is 31.1 Å². The van der Waals surface area contributed by atoms with Crippen LogP contribution in [0.2, 0.25) is 0 Å². The smallest absolute Gasteiger partial charge is 0.317 e. The molecule has 0 atom stereocenters. The van der Waals surface area contributed by atoms with Crippen LogP contribution < -0.4 is 5.32 Å². The molecule has 1 N–H and O–H groups in total. The largest absolute Gasteiger partial charge is 0.338 e. The summed E-state index contributed by atoms with van der Waals surface area (Å²) in [4.78, 5) is 16.2. The van der Waals surface area contributed by atoms with Crippen LogP contribution in [0, 0.1) is 0 Å². The highest BCUT2D eigenvalue weighted by atomic mass is 16.2. The maximum atomic E-state index is 11.7. The first kappa shape index (κ1) is 12.6. The zero-order valence-corrected chi connectivity index (χ0v) is 9.56. The molecule has 0 aromatic heterocycles. The molecule has 1 saturated heterocycles. The summed E-state index contributed by atoms with van der Waals surface area (Å²) in [5.74, 6) is 0. The molecule has 0 spiro atoms. The van der Waals surface area contributed by atoms with Crippen molar-refractivity contribution in [3.63, 3.8) is 0 Å². The second kappa shape index (κ2) is 7.82. The third-order valence-corrected chi connectivity index (χ3v) is 2.67. The number of carbonyl (C=O) groups is 1. The third kappa shape index (κ3) is 4.89. The lowest BCUT2D eigenvalue weighted by atomic mass is 10.2. The van der Waals surface area contributed by atoms with E-state index in [0.717, 1.165) is 25.9 Å². The molecule has 1 rings (SSSR count). The summed E-state index contributed by atoms with van der Waals surface area (Å²) >= 11 is 0. The molecule has 0 saturated carbocycles. The Morgan fingerprint density at radius 3 is 2.62 bits per heavy atom. The molecule has 0 aliphatic carbocycles. The highest BCUT2D eigenvalue weighted by Crippen LogP contribution is 2.09. The van der Waals surface area contributed by atoms with Crippen molar-refractivity contribution in [2.45, 2.75) is 32.1 Å². The van der Waals surface area contributed by atoms with Crippen LogP contribution in [0.5, 0.6) is 0 Å². The van der Waals surface area contributed by atoms with Crippen molar-refractivity contribution in [2.75, 3.05) is 26.2 Å². The highest BCUT2D eigenvalue weighted by Gasteiger charge is 2.14. The standard InChI is InChI=1S/C10H19N5O/c11-14-13-7-5-6-12-10(16)15-8-3-1-2-4-9-15/h1-9H2,(H,12,16). The van der Waals surface area contributed by atoms with E-state index in [4.69, 9.17) is 5.53 Å². The minimum Gasteiger partial charge on any atom is -0.338 e. The van der Waals surface area contributed by atoms with Gasteiger partial charge in [0.25, 0.3) is 0 Å². The number of nitrogens with zero attached hydrogens (tertiary/aromatic N) is 4. The molecule has 0 radical (unpaired) electrons. The Labute approximate surface area is 95.6 Å². The van der Waals surface area contributed by atoms with E-state index in [9.17, 15) is 4.79 Å². The van der Waals surface area contributed by atoms with Crippen molar-refractivity contribution in [3.05, 3.63) is 10.4 Å². The van der Waals surface area contributed by atoms with Crippen LogP contribution in [0.25, 0.3) is 10.4 Å². The second-order valence-corrected chi connectivity index (χ2v) is 3.94. The van der Waals surface area contributed by atoms with Gasteiger partial charge in [-0.1, -0.05) is 18.0 Å². The maximum absolute atomic E-state index is 11.7. The van der Waals surface area contributed by atoms with Crippen LogP contribution in [0.15, 0.2) is 5.11 Å². The van der Waals surface area contributed by atoms with Gasteiger partial charge in [-0.2, -0.15) is 0 Å². The zero-order chi connectivity index (χ0) is 11.6. The summed E-state index contributed by atoms with van der Waals surface area (Å²) in [5.41, 5.74) is 8.07. The van der Waals surface area contributed by atoms with E-state index >= 15 is 0 Å². The van der Waals surface area contributed by atoms with E-state index in [1.165, 1.54) is 12.8 Å². The van der Waals surface area contributed by atoms with Crippen molar-refractivity contribution >= 4 is 6.03 Å². The fourth-order valence-electron chi connectivity index (χ4n) is 1.78. The number of likely N-dealkylation sites (tertiary alicyclic amines) is 1. The highest BCUT2D eigenvalue weighted by molar-refractivity contribution is 5.74. The van der Waals surface area contributed by atoms with E-state index in [2.05, 4.69) is 15.3 Å². The Balaban J connectivity index is 2.15. The summed E-state index contributed by atoms with van der Waals surface area (Å²) in [6.45, 7) is 2.75. The summed E-state index contributed by atoms with van der Waals surface area (Å²) < 4.78 is 0. The SMILES string of the molecule is [N-]=[N+]=NCCCNC(=O)N1CCCCCC1. The molecule has 16 heavy (non-hydrogen) atoms. The Hall–Kier alpha value is -1.42. The molecular weight excluding hydrogens is 206 g/mol. The van der Waals surface area contributed by atoms with Gasteiger partial charge in [-0.05, 0) is 24.8 Å². The number of nitrogens with one attached hydrogen (secondary N) is 1. The van der Waals surface area contributed by atoms with Crippen LogP contribution in [0.4, 0.5) is 4.79 Å². The first-order chi connectivity index (χ1) is 7.84. The molecule has 1 heterocycles. The molecule has 1 aliphatic heterocycles. The van der Waals surface area contributed by atoms with Crippen molar-refractivity contribution in [3.8, 4) is 0 Å². The fraction of sp³-hybridized carbons (Fsp3) is 0.900. The first-order valence-electron chi connectivity index (χ1n) is 5.88. The molecule has 0 unspecified atom stereocenters. The Morgan fingerprint density at radius 2 is 2.00 bits per heavy atom. The van der Waals surface area contributed by atoms with E-state index < -0.39 is 0 Å². The molecule has 1 aliphatic rings. The van der Waals surface area contributed by atoms with Gasteiger partial charge < -0.3 is 10.2 Å². The van der Waals surface area contributed by atoms with Crippen molar-refractivity contribution in [1.82, 2.24) is 10.2 Å². The quantitative estimate of drug-likeness (QED) is 0.338. The average Bonchev–Trinajstić information content (AvgIpc) is 2.57. The molecule has 6 nitrogen and oxygen atoms in total. The molecule has 90 valence electrons. The van der Waals surface area contributed by atoms with Crippen LogP contribution in [-0.4, -0.2) is 37.1 Å². The number of rotatable bonds is 4. The van der Waals surface area contributed by atoms with Gasteiger partial charge in [0.1, 0.15) is 0 Å². The second-order valence-electron chi connectivity index (χ2n) is 3.94. The molecule has 1 fully saturated rings. The normalized spacial score (nSPS) is 16.1.